The molecule has 0 radical (unpaired) electrons. The molecule has 5 rings (SSSR count). The van der Waals surface area contributed by atoms with Gasteiger partial charge >= 0.3 is 0 Å². The summed E-state index contributed by atoms with van der Waals surface area (Å²) in [7, 11) is 0. The van der Waals surface area contributed by atoms with Crippen molar-refractivity contribution in [2.24, 2.45) is 0 Å². The molecular weight excluding hydrogens is 481 g/mol. The van der Waals surface area contributed by atoms with Crippen LogP contribution in [0.25, 0.3) is 15.9 Å². The van der Waals surface area contributed by atoms with Crippen LogP contribution >= 0.6 is 23.1 Å². The van der Waals surface area contributed by atoms with Gasteiger partial charge in [-0.2, -0.15) is 0 Å². The van der Waals surface area contributed by atoms with Crippen molar-refractivity contribution in [2.75, 3.05) is 13.2 Å². The number of hydrogen-bond acceptors (Lipinski definition) is 6. The predicted molar refractivity (Wildman–Crippen MR) is 142 cm³/mol. The molecule has 5 nitrogen and oxygen atoms in total. The fourth-order valence-electron chi connectivity index (χ4n) is 4.40. The Bertz CT molecular complexity index is 1400. The van der Waals surface area contributed by atoms with Crippen LogP contribution in [0.2, 0.25) is 0 Å². The van der Waals surface area contributed by atoms with Gasteiger partial charge in [-0.25, -0.2) is 9.37 Å². The van der Waals surface area contributed by atoms with Gasteiger partial charge in [-0.3, -0.25) is 14.3 Å². The molecule has 4 aromatic rings. The molecule has 0 saturated heterocycles. The summed E-state index contributed by atoms with van der Waals surface area (Å²) < 4.78 is 20.7. The molecule has 2 aromatic carbocycles. The van der Waals surface area contributed by atoms with Crippen molar-refractivity contribution in [1.82, 2.24) is 14.5 Å². The van der Waals surface area contributed by atoms with E-state index in [0.717, 1.165) is 52.3 Å². The number of aromatic nitrogens is 2. The summed E-state index contributed by atoms with van der Waals surface area (Å²) in [6, 6.07) is 14.5. The van der Waals surface area contributed by atoms with Gasteiger partial charge in [-0.05, 0) is 74.7 Å². The maximum absolute atomic E-state index is 14.0. The van der Waals surface area contributed by atoms with Crippen molar-refractivity contribution in [2.45, 2.75) is 50.7 Å². The van der Waals surface area contributed by atoms with Gasteiger partial charge in [-0.15, -0.1) is 11.3 Å². The Kier molecular flexibility index (Phi) is 6.95. The van der Waals surface area contributed by atoms with E-state index < -0.39 is 0 Å². The molecule has 0 unspecified atom stereocenters. The van der Waals surface area contributed by atoms with E-state index >= 15 is 0 Å². The lowest BCUT2D eigenvalue weighted by Crippen LogP contribution is -2.35. The summed E-state index contributed by atoms with van der Waals surface area (Å²) in [6.45, 7) is 8.74. The van der Waals surface area contributed by atoms with Crippen LogP contribution in [0.3, 0.4) is 0 Å². The summed E-state index contributed by atoms with van der Waals surface area (Å²) >= 11 is 3.13. The molecule has 2 aromatic heterocycles. The highest BCUT2D eigenvalue weighted by Crippen LogP contribution is 2.35. The average Bonchev–Trinajstić information content (AvgIpc) is 3.22. The Hall–Kier alpha value is -2.68. The normalized spacial score (nSPS) is 14.0. The van der Waals surface area contributed by atoms with E-state index in [1.54, 1.807) is 28.0 Å². The zero-order chi connectivity index (χ0) is 24.5. The van der Waals surface area contributed by atoms with Gasteiger partial charge in [0.15, 0.2) is 5.16 Å². The largest absolute Gasteiger partial charge is 0.494 e. The molecule has 3 heterocycles. The van der Waals surface area contributed by atoms with Crippen LogP contribution in [-0.2, 0) is 18.7 Å². The first kappa shape index (κ1) is 24.0. The molecule has 0 bridgehead atoms. The number of halogens is 1. The first-order chi connectivity index (χ1) is 16.9. The van der Waals surface area contributed by atoms with Gasteiger partial charge in [0.1, 0.15) is 16.4 Å². The van der Waals surface area contributed by atoms with Crippen molar-refractivity contribution in [3.63, 3.8) is 0 Å². The van der Waals surface area contributed by atoms with E-state index in [4.69, 9.17) is 9.72 Å². The number of nitrogens with zero attached hydrogens (tertiary/aromatic N) is 3. The summed E-state index contributed by atoms with van der Waals surface area (Å²) in [5.74, 6) is 1.09. The number of rotatable bonds is 7. The van der Waals surface area contributed by atoms with Crippen LogP contribution in [0.5, 0.6) is 5.75 Å². The monoisotopic (exact) mass is 509 g/mol. The third-order valence-corrected chi connectivity index (χ3v) is 8.41. The van der Waals surface area contributed by atoms with Crippen LogP contribution in [0.15, 0.2) is 58.5 Å². The number of ether oxygens (including phenoxy) is 1. The first-order valence-corrected chi connectivity index (χ1v) is 13.7. The lowest BCUT2D eigenvalue weighted by atomic mass is 10.0. The molecule has 35 heavy (non-hydrogen) atoms. The second-order valence-corrected chi connectivity index (χ2v) is 10.9. The molecule has 0 aliphatic carbocycles. The number of fused-ring (bicyclic) bond motifs is 3. The molecule has 8 heteroatoms. The van der Waals surface area contributed by atoms with Gasteiger partial charge < -0.3 is 4.74 Å². The lowest BCUT2D eigenvalue weighted by Gasteiger charge is -2.30. The summed E-state index contributed by atoms with van der Waals surface area (Å²) in [6.07, 6.45) is 0.857. The van der Waals surface area contributed by atoms with Crippen molar-refractivity contribution in [1.29, 1.82) is 0 Å². The minimum Gasteiger partial charge on any atom is -0.494 e. The maximum Gasteiger partial charge on any atom is 0.267 e. The molecule has 0 N–H and O–H groups in total. The van der Waals surface area contributed by atoms with Crippen LogP contribution in [0.4, 0.5) is 4.39 Å². The summed E-state index contributed by atoms with van der Waals surface area (Å²) in [5.41, 5.74) is 2.85. The molecule has 0 spiro atoms. The van der Waals surface area contributed by atoms with E-state index in [1.165, 1.54) is 28.8 Å². The average molecular weight is 510 g/mol. The molecule has 0 amide bonds. The Labute approximate surface area is 212 Å². The van der Waals surface area contributed by atoms with E-state index in [2.05, 4.69) is 18.7 Å². The van der Waals surface area contributed by atoms with E-state index in [9.17, 15) is 9.18 Å². The Morgan fingerprint density at radius 3 is 2.57 bits per heavy atom. The van der Waals surface area contributed by atoms with Gasteiger partial charge in [0.2, 0.25) is 0 Å². The molecule has 0 saturated carbocycles. The molecule has 1 aliphatic heterocycles. The fraction of sp³-hybridized carbons (Fsp3) is 0.333. The van der Waals surface area contributed by atoms with Crippen LogP contribution in [0.1, 0.15) is 36.8 Å². The quantitative estimate of drug-likeness (QED) is 0.224. The topological polar surface area (TPSA) is 47.4 Å². The van der Waals surface area contributed by atoms with Crippen LogP contribution < -0.4 is 10.3 Å². The molecular formula is C27H28FN3O2S2. The highest BCUT2D eigenvalue weighted by molar-refractivity contribution is 7.98. The second-order valence-electron chi connectivity index (χ2n) is 8.88. The van der Waals surface area contributed by atoms with E-state index in [-0.39, 0.29) is 11.4 Å². The van der Waals surface area contributed by atoms with Crippen LogP contribution in [-0.4, -0.2) is 33.6 Å². The highest BCUT2D eigenvalue weighted by atomic mass is 32.2. The minimum atomic E-state index is -0.260. The Morgan fingerprint density at radius 1 is 1.14 bits per heavy atom. The van der Waals surface area contributed by atoms with Crippen molar-refractivity contribution < 1.29 is 9.13 Å². The van der Waals surface area contributed by atoms with E-state index in [1.807, 2.05) is 31.2 Å². The zero-order valence-electron chi connectivity index (χ0n) is 20.1. The second kappa shape index (κ2) is 10.1. The number of thiophene rings is 1. The minimum absolute atomic E-state index is 0.0312. The number of hydrogen-bond donors (Lipinski definition) is 0. The maximum atomic E-state index is 14.0. The van der Waals surface area contributed by atoms with Crippen molar-refractivity contribution in [3.8, 4) is 11.4 Å². The predicted octanol–water partition coefficient (Wildman–Crippen LogP) is 6.04. The van der Waals surface area contributed by atoms with Crippen molar-refractivity contribution >= 4 is 33.3 Å². The van der Waals surface area contributed by atoms with Crippen molar-refractivity contribution in [3.05, 3.63) is 80.7 Å². The number of benzene rings is 2. The fourth-order valence-corrected chi connectivity index (χ4v) is 6.65. The molecule has 0 atom stereocenters. The summed E-state index contributed by atoms with van der Waals surface area (Å²) in [5, 5.41) is 1.38. The van der Waals surface area contributed by atoms with Gasteiger partial charge in [0.05, 0.1) is 17.7 Å². The van der Waals surface area contributed by atoms with Gasteiger partial charge in [0, 0.05) is 29.8 Å². The third-order valence-electron chi connectivity index (χ3n) is 6.29. The highest BCUT2D eigenvalue weighted by Gasteiger charge is 2.26. The first-order valence-electron chi connectivity index (χ1n) is 11.9. The molecule has 0 fully saturated rings. The van der Waals surface area contributed by atoms with E-state index in [0.29, 0.717) is 23.6 Å². The Morgan fingerprint density at radius 2 is 1.89 bits per heavy atom. The zero-order valence-corrected chi connectivity index (χ0v) is 21.7. The third kappa shape index (κ3) is 4.87. The standard InChI is InChI=1S/C27H28FN3O2S2/c1-4-33-21-11-9-20(10-12-21)31-26(32)24-22-13-14-30(17(2)3)15-23(22)35-25(24)29-27(31)34-16-18-5-7-19(28)8-6-18/h5-12,17H,4,13-16H2,1-3H3. The lowest BCUT2D eigenvalue weighted by molar-refractivity contribution is 0.206. The van der Waals surface area contributed by atoms with Gasteiger partial charge in [0.25, 0.3) is 5.56 Å². The Balaban J connectivity index is 1.60. The number of thioether (sulfide) groups is 1. The summed E-state index contributed by atoms with van der Waals surface area (Å²) in [4.78, 5) is 23.5. The molecule has 182 valence electrons. The molecule has 1 aliphatic rings. The van der Waals surface area contributed by atoms with Crippen LogP contribution in [0, 0.1) is 5.82 Å². The SMILES string of the molecule is CCOc1ccc(-n2c(SCc3ccc(F)cc3)nc3sc4c(c3c2=O)CCN(C(C)C)C4)cc1. The smallest absolute Gasteiger partial charge is 0.267 e. The van der Waals surface area contributed by atoms with Gasteiger partial charge in [-0.1, -0.05) is 23.9 Å².